The Labute approximate surface area is 230 Å². The fourth-order valence-corrected chi connectivity index (χ4v) is 1.01. The van der Waals surface area contributed by atoms with Gasteiger partial charge in [0.25, 0.3) is 0 Å². The first-order valence-corrected chi connectivity index (χ1v) is 9.44. The third-order valence-corrected chi connectivity index (χ3v) is 2.24. The SMILES string of the molecule is O=C(NCNC(=O)OCO)OCO.O=C=NCN=C=O.O=C=NCNC(=O)OCOC(=O)NCN=C=O.OCO.[B]. The summed E-state index contributed by atoms with van der Waals surface area (Å²) in [6.45, 7) is -3.84. The van der Waals surface area contributed by atoms with Gasteiger partial charge in [0.2, 0.25) is 31.1 Å². The summed E-state index contributed by atoms with van der Waals surface area (Å²) in [5, 5.41) is 38.6. The predicted molar refractivity (Wildman–Crippen MR) is 125 cm³/mol. The lowest BCUT2D eigenvalue weighted by molar-refractivity contribution is 0.0245. The molecule has 0 heterocycles. The fraction of sp³-hybridized carbons (Fsp3) is 0.500. The second-order valence-corrected chi connectivity index (χ2v) is 4.58. The van der Waals surface area contributed by atoms with E-state index in [1.807, 2.05) is 10.6 Å². The van der Waals surface area contributed by atoms with Gasteiger partial charge in [-0.05, 0) is 0 Å². The van der Waals surface area contributed by atoms with E-state index < -0.39 is 51.5 Å². The molecule has 3 radical (unpaired) electrons. The number of aliphatic imine (C=N–C) groups is 4. The largest absolute Gasteiger partial charge is 0.423 e. The summed E-state index contributed by atoms with van der Waals surface area (Å²) >= 11 is 0. The number of aliphatic hydroxyl groups is 4. The number of rotatable bonds is 12. The molecule has 0 aromatic rings. The van der Waals surface area contributed by atoms with Gasteiger partial charge in [-0.25, -0.2) is 38.4 Å². The Hall–Kier alpha value is -5.50. The number of nitrogens with one attached hydrogen (secondary N) is 4. The van der Waals surface area contributed by atoms with E-state index in [0.29, 0.717) is 0 Å². The van der Waals surface area contributed by atoms with Crippen molar-refractivity contribution in [3.63, 3.8) is 0 Å². The topological polar surface area (TPSA) is 352 Å². The van der Waals surface area contributed by atoms with Crippen LogP contribution in [0.2, 0.25) is 0 Å². The van der Waals surface area contributed by atoms with Crippen LogP contribution >= 0.6 is 0 Å². The van der Waals surface area contributed by atoms with Crippen LogP contribution in [0.4, 0.5) is 19.2 Å². The van der Waals surface area contributed by atoms with Gasteiger partial charge in [0.15, 0.2) is 20.3 Å². The number of carbonyl (C=O) groups is 4. The van der Waals surface area contributed by atoms with Gasteiger partial charge < -0.3 is 60.6 Å². The average molecular weight is 595 g/mol. The molecule has 0 aromatic heterocycles. The average Bonchev–Trinajstić information content (AvgIpc) is 2.91. The second-order valence-electron chi connectivity index (χ2n) is 4.58. The van der Waals surface area contributed by atoms with Crippen LogP contribution in [0.1, 0.15) is 0 Å². The Bertz CT molecular complexity index is 832. The van der Waals surface area contributed by atoms with Crippen LogP contribution in [0.25, 0.3) is 0 Å². The number of nitrogens with zero attached hydrogens (tertiary/aromatic N) is 4. The number of carbonyl (C=O) groups excluding carboxylic acids is 8. The van der Waals surface area contributed by atoms with E-state index in [-0.39, 0.29) is 35.1 Å². The summed E-state index contributed by atoms with van der Waals surface area (Å²) in [6, 6.07) is 0. The lowest BCUT2D eigenvalue weighted by Gasteiger charge is -2.05. The summed E-state index contributed by atoms with van der Waals surface area (Å²) < 4.78 is 16.8. The van der Waals surface area contributed by atoms with Crippen LogP contribution in [0.5, 0.6) is 0 Å². The van der Waals surface area contributed by atoms with Gasteiger partial charge in [-0.3, -0.25) is 0 Å². The highest BCUT2D eigenvalue weighted by Gasteiger charge is 2.04. The zero-order valence-corrected chi connectivity index (χ0v) is 20.7. The predicted octanol–water partition coefficient (Wildman–Crippen LogP) is -4.56. The summed E-state index contributed by atoms with van der Waals surface area (Å²) in [5.74, 6) is 0. The van der Waals surface area contributed by atoms with Gasteiger partial charge in [0, 0.05) is 8.41 Å². The molecule has 0 aliphatic heterocycles. The third-order valence-electron chi connectivity index (χ3n) is 2.24. The molecule has 25 heteroatoms. The van der Waals surface area contributed by atoms with Gasteiger partial charge >= 0.3 is 24.4 Å². The van der Waals surface area contributed by atoms with Gasteiger partial charge in [0.1, 0.15) is 20.1 Å². The molecule has 0 unspecified atom stereocenters. The molecule has 0 spiro atoms. The van der Waals surface area contributed by atoms with Crippen LogP contribution in [0, 0.1) is 0 Å². The smallest absolute Gasteiger partial charge is 0.411 e. The minimum Gasteiger partial charge on any atom is -0.423 e. The van der Waals surface area contributed by atoms with E-state index in [1.165, 1.54) is 24.3 Å². The first-order valence-electron chi connectivity index (χ1n) is 9.44. The number of aliphatic hydroxyl groups excluding tert-OH is 3. The van der Waals surface area contributed by atoms with Crippen LogP contribution in [-0.4, -0.2) is 131 Å². The third kappa shape index (κ3) is 51.9. The van der Waals surface area contributed by atoms with Gasteiger partial charge in [-0.15, -0.1) is 0 Å². The maximum Gasteiger partial charge on any atom is 0.411 e. The van der Waals surface area contributed by atoms with E-state index in [2.05, 4.69) is 49.6 Å². The molecule has 0 aliphatic rings. The minimum atomic E-state index is -0.928. The Kier molecular flexibility index (Phi) is 46.1. The molecule has 0 bridgehead atoms. The van der Waals surface area contributed by atoms with Crippen molar-refractivity contribution < 1.29 is 77.7 Å². The molecular weight excluding hydrogens is 571 g/mol. The normalized spacial score (nSPS) is 7.51. The Morgan fingerprint density at radius 1 is 0.561 bits per heavy atom. The van der Waals surface area contributed by atoms with Crippen molar-refractivity contribution in [2.75, 3.05) is 53.8 Å². The first-order chi connectivity index (χ1) is 19.2. The van der Waals surface area contributed by atoms with Crippen molar-refractivity contribution in [1.29, 1.82) is 0 Å². The van der Waals surface area contributed by atoms with E-state index in [4.69, 9.17) is 20.4 Å². The van der Waals surface area contributed by atoms with Crippen LogP contribution in [0.3, 0.4) is 0 Å². The lowest BCUT2D eigenvalue weighted by Crippen LogP contribution is -2.38. The molecule has 41 heavy (non-hydrogen) atoms. The van der Waals surface area contributed by atoms with E-state index in [0.717, 1.165) is 0 Å². The van der Waals surface area contributed by atoms with E-state index >= 15 is 0 Å². The van der Waals surface area contributed by atoms with Crippen molar-refractivity contribution in [3.8, 4) is 0 Å². The second kappa shape index (κ2) is 41.6. The number of amides is 4. The molecule has 0 aromatic carbocycles. The van der Waals surface area contributed by atoms with Crippen LogP contribution in [0.15, 0.2) is 20.0 Å². The Balaban J connectivity index is -0.000000159. The van der Waals surface area contributed by atoms with E-state index in [9.17, 15) is 38.4 Å². The summed E-state index contributed by atoms with van der Waals surface area (Å²) in [7, 11) is 0. The maximum atomic E-state index is 10.8. The van der Waals surface area contributed by atoms with Gasteiger partial charge in [0.05, 0.1) is 6.67 Å². The highest BCUT2D eigenvalue weighted by atomic mass is 16.7. The van der Waals surface area contributed by atoms with Crippen molar-refractivity contribution >= 4 is 57.1 Å². The van der Waals surface area contributed by atoms with Crippen molar-refractivity contribution in [2.24, 2.45) is 20.0 Å². The molecule has 4 amide bonds. The molecule has 0 rings (SSSR count). The number of alkyl carbamates (subject to hydrolysis) is 4. The zero-order chi connectivity index (χ0) is 31.3. The highest BCUT2D eigenvalue weighted by Crippen LogP contribution is 1.82. The molecule has 0 saturated carbocycles. The first kappa shape index (κ1) is 45.4. The molecular formula is C16H24BN8O16. The van der Waals surface area contributed by atoms with Crippen LogP contribution < -0.4 is 21.3 Å². The van der Waals surface area contributed by atoms with E-state index in [1.54, 1.807) is 0 Å². The molecule has 227 valence electrons. The maximum absolute atomic E-state index is 10.8. The highest BCUT2D eigenvalue weighted by molar-refractivity contribution is 5.75. The molecule has 0 fully saturated rings. The molecule has 0 saturated heterocycles. The number of ether oxygens (including phenoxy) is 4. The monoisotopic (exact) mass is 595 g/mol. The lowest BCUT2D eigenvalue weighted by atomic mass is 10.8. The molecule has 24 nitrogen and oxygen atoms in total. The number of hydrogen-bond donors (Lipinski definition) is 8. The zero-order valence-electron chi connectivity index (χ0n) is 20.7. The molecule has 8 N–H and O–H groups in total. The summed E-state index contributed by atoms with van der Waals surface area (Å²) in [6.07, 6.45) is 1.18. The van der Waals surface area contributed by atoms with Gasteiger partial charge in [-0.2, -0.15) is 20.0 Å². The standard InChI is InChI=1S/C7H8N4O6.C5H10N2O6.C3H2N2O2.CH4O2.B/c12-3-8-1-10-6(14)16-5-17-7(15)11-2-9-4-13;8-2-12-4(10)6-1-7-5(11)13-3-9;6-2-4-1-5-3-7;2-1-3;/h1-2,5H2,(H,10,14)(H,11,15);8-9H,1-3H2,(H,6,10)(H,7,11);1H2;2-3H,1H2;. The Morgan fingerprint density at radius 3 is 1.17 bits per heavy atom. The number of hydrogen-bond acceptors (Lipinski definition) is 20. The van der Waals surface area contributed by atoms with Gasteiger partial charge in [-0.1, -0.05) is 0 Å². The fourth-order valence-electron chi connectivity index (χ4n) is 1.01. The van der Waals surface area contributed by atoms with Crippen molar-refractivity contribution in [2.45, 2.75) is 0 Å². The van der Waals surface area contributed by atoms with Crippen molar-refractivity contribution in [3.05, 3.63) is 0 Å². The molecule has 0 atom stereocenters. The van der Waals surface area contributed by atoms with Crippen LogP contribution in [-0.2, 0) is 38.1 Å². The minimum absolute atomic E-state index is 0. The Morgan fingerprint density at radius 2 is 0.878 bits per heavy atom. The summed E-state index contributed by atoms with van der Waals surface area (Å²) in [4.78, 5) is 91.9. The van der Waals surface area contributed by atoms with Crippen molar-refractivity contribution in [1.82, 2.24) is 21.3 Å². The summed E-state index contributed by atoms with van der Waals surface area (Å²) in [5.41, 5.74) is 0. The number of isocyanates is 4. The molecule has 0 aliphatic carbocycles. The quantitative estimate of drug-likeness (QED) is 0.0346.